The van der Waals surface area contributed by atoms with Crippen LogP contribution >= 0.6 is 58.0 Å². The second-order valence-corrected chi connectivity index (χ2v) is 27.5. The summed E-state index contributed by atoms with van der Waals surface area (Å²) < 4.78 is 2.99. The molecule has 3 unspecified atom stereocenters. The summed E-state index contributed by atoms with van der Waals surface area (Å²) in [5, 5.41) is 23.3. The van der Waals surface area contributed by atoms with Crippen LogP contribution in [0.4, 0.5) is 15.0 Å². The molecule has 21 heteroatoms. The van der Waals surface area contributed by atoms with Crippen LogP contribution in [0.1, 0.15) is 165 Å². The number of fused-ring (bicyclic) bond motifs is 5. The van der Waals surface area contributed by atoms with Crippen LogP contribution in [0, 0.1) is 0 Å². The van der Waals surface area contributed by atoms with E-state index in [-0.39, 0.29) is 105 Å². The van der Waals surface area contributed by atoms with Crippen molar-refractivity contribution in [1.29, 1.82) is 0 Å². The van der Waals surface area contributed by atoms with Gasteiger partial charge >= 0.3 is 0 Å². The van der Waals surface area contributed by atoms with E-state index in [0.29, 0.717) is 32.3 Å². The van der Waals surface area contributed by atoms with Gasteiger partial charge in [0.25, 0.3) is 23.6 Å². The topological polar surface area (TPSA) is 247 Å². The summed E-state index contributed by atoms with van der Waals surface area (Å²) in [4.78, 5) is 107. The number of aliphatic hydroxyl groups excluding tert-OH is 1. The van der Waals surface area contributed by atoms with Gasteiger partial charge in [0.2, 0.25) is 17.7 Å². The van der Waals surface area contributed by atoms with Crippen molar-refractivity contribution in [2.45, 2.75) is 110 Å². The molecule has 516 valence electrons. The molecule has 7 amide bonds. The Kier molecular flexibility index (Phi) is 27.2. The van der Waals surface area contributed by atoms with E-state index >= 15 is 0 Å². The Morgan fingerprint density at radius 2 is 0.740 bits per heavy atom. The van der Waals surface area contributed by atoms with Crippen LogP contribution in [0.3, 0.4) is 0 Å². The zero-order chi connectivity index (χ0) is 68.5. The van der Waals surface area contributed by atoms with Gasteiger partial charge < -0.3 is 26.8 Å². The number of halogens is 1. The first-order chi connectivity index (χ1) is 47.8. The van der Waals surface area contributed by atoms with Crippen molar-refractivity contribution in [3.05, 3.63) is 251 Å². The van der Waals surface area contributed by atoms with Gasteiger partial charge in [0, 0.05) is 63.4 Å². The summed E-state index contributed by atoms with van der Waals surface area (Å²) in [6.45, 7) is 4.75. The number of thiophene rings is 3. The van der Waals surface area contributed by atoms with Crippen molar-refractivity contribution >= 4 is 145 Å². The zero-order valence-corrected chi connectivity index (χ0v) is 59.8. The summed E-state index contributed by atoms with van der Waals surface area (Å²) in [6, 6.07) is 49.0. The van der Waals surface area contributed by atoms with E-state index < -0.39 is 11.8 Å². The molecule has 6 aromatic heterocycles. The van der Waals surface area contributed by atoms with Crippen LogP contribution in [0.25, 0.3) is 30.3 Å². The highest BCUT2D eigenvalue weighted by molar-refractivity contribution is 14.0. The third kappa shape index (κ3) is 18.4. The number of benzene rings is 5. The molecule has 0 aliphatic carbocycles. The Morgan fingerprint density at radius 1 is 0.440 bits per heavy atom. The Balaban J connectivity index is 0.000000176. The molecule has 8 heterocycles. The quantitative estimate of drug-likeness (QED) is 0.0193. The average molecular weight is 1510 g/mol. The Bertz CT molecular complexity index is 4250. The largest absolute Gasteiger partial charge is 0.396 e. The molecule has 5 aromatic carbocycles. The smallest absolute Gasteiger partial charge is 0.261 e. The van der Waals surface area contributed by atoms with E-state index in [1.807, 2.05) is 103 Å². The Hall–Kier alpha value is -9.23. The van der Waals surface area contributed by atoms with Crippen LogP contribution in [0.15, 0.2) is 195 Å². The number of imide groups is 2. The van der Waals surface area contributed by atoms with Crippen molar-refractivity contribution in [3.63, 3.8) is 0 Å². The molecule has 100 heavy (non-hydrogen) atoms. The molecular weight excluding hydrogens is 1430 g/mol. The number of rotatable bonds is 26. The van der Waals surface area contributed by atoms with Crippen LogP contribution in [-0.2, 0) is 33.6 Å². The van der Waals surface area contributed by atoms with Gasteiger partial charge in [-0.1, -0.05) is 144 Å². The zero-order valence-electron chi connectivity index (χ0n) is 55.1. The molecule has 11 aromatic rings. The van der Waals surface area contributed by atoms with Gasteiger partial charge in [-0.25, -0.2) is 0 Å². The van der Waals surface area contributed by atoms with Gasteiger partial charge in [-0.2, -0.15) is 0 Å². The van der Waals surface area contributed by atoms with Crippen molar-refractivity contribution < 1.29 is 38.7 Å². The van der Waals surface area contributed by atoms with Crippen LogP contribution in [-0.4, -0.2) is 97.4 Å². The fourth-order valence-corrected chi connectivity index (χ4v) is 14.9. The van der Waals surface area contributed by atoms with E-state index in [9.17, 15) is 33.6 Å². The minimum absolute atomic E-state index is 0. The minimum atomic E-state index is -0.748. The number of carbonyl (C=O) groups excluding carboxylic acids is 7. The number of anilines is 3. The summed E-state index contributed by atoms with van der Waals surface area (Å²) in [7, 11) is 0. The maximum atomic E-state index is 13.6. The van der Waals surface area contributed by atoms with Crippen LogP contribution < -0.4 is 21.7 Å². The monoisotopic (exact) mass is 1510 g/mol. The highest BCUT2D eigenvalue weighted by atomic mass is 127. The number of hydrogen-bond donors (Lipinski definition) is 5. The fourth-order valence-electron chi connectivity index (χ4n) is 12.1. The predicted octanol–water partition coefficient (Wildman–Crippen LogP) is 16.6. The molecule has 0 bridgehead atoms. The molecule has 17 nitrogen and oxygen atoms in total. The number of hydrogen-bond acceptors (Lipinski definition) is 15. The molecule has 3 atom stereocenters. The molecule has 0 radical (unpaired) electrons. The van der Waals surface area contributed by atoms with E-state index in [2.05, 4.69) is 56.9 Å². The first-order valence-electron chi connectivity index (χ1n) is 33.2. The maximum absolute atomic E-state index is 13.6. The number of nitrogens with zero attached hydrogens (tertiary/aromatic N) is 5. The number of nitrogens with two attached hydrogens (primary N) is 1. The lowest BCUT2D eigenvalue weighted by Gasteiger charge is -2.22. The molecular formula is C79H82IN9O8S3. The van der Waals surface area contributed by atoms with Crippen LogP contribution in [0.2, 0.25) is 0 Å². The van der Waals surface area contributed by atoms with Gasteiger partial charge in [-0.05, 0) is 155 Å². The van der Waals surface area contributed by atoms with Gasteiger partial charge in [-0.15, -0.1) is 58.0 Å². The number of unbranched alkanes of at least 4 members (excludes halogenated alkanes) is 5. The number of carbonyl (C=O) groups is 7. The molecule has 2 aliphatic heterocycles. The van der Waals surface area contributed by atoms with Crippen molar-refractivity contribution in [2.24, 2.45) is 5.73 Å². The summed E-state index contributed by atoms with van der Waals surface area (Å²) in [5.41, 5.74) is 13.5. The molecule has 0 spiro atoms. The van der Waals surface area contributed by atoms with Gasteiger partial charge in [0.15, 0.2) is 0 Å². The number of aromatic nitrogens is 3. The molecule has 2 aliphatic rings. The minimum Gasteiger partial charge on any atom is -0.396 e. The Morgan fingerprint density at radius 3 is 1.03 bits per heavy atom. The lowest BCUT2D eigenvalue weighted by Crippen LogP contribution is -2.38. The highest BCUT2D eigenvalue weighted by Gasteiger charge is 2.40. The van der Waals surface area contributed by atoms with Crippen molar-refractivity contribution in [2.75, 3.05) is 42.2 Å². The van der Waals surface area contributed by atoms with Gasteiger partial charge in [0.1, 0.15) is 0 Å². The Labute approximate surface area is 611 Å². The second kappa shape index (κ2) is 36.2. The summed E-state index contributed by atoms with van der Waals surface area (Å²) >= 11 is 4.39. The SMILES string of the molecule is C.CCCCCc1ccc(C(CN)C(=O)Nc2cc3ccncc3s2)cc1.CCCCCc1ccc(C(CN2C(=O)c3ccccc3C2=O)C(=O)Nc2cc3ccncc3s2)cc1.I.O=C(Nc1cc2ccncc2s1)C(CN1C(=O)c2ccccc2C1=O)c1ccc(CCCCO)cc1. The predicted molar refractivity (Wildman–Crippen MR) is 414 cm³/mol. The molecule has 0 saturated carbocycles. The standard InChI is InChI=1S/C29H27N3O3S.C28H25N3O4S.C21H25N3OS.CH4.HI/c1-2-3-4-7-19-10-12-20(13-11-19)24(18-32-28(34)22-8-5-6-9-23(22)29(32)35)27(33)31-26-16-21-14-15-30-17-25(21)36-26;32-14-4-3-5-18-8-10-19(11-9-18)23(17-31-27(34)21-6-1-2-7-22(21)28(31)35)26(33)30-25-15-20-12-13-29-16-24(20)36-25;1-2-3-4-5-15-6-8-16(9-7-15)18(13-22)21(25)24-20-12-17-10-11-23-14-19(17)26-20;;/h5-6,8-17,24H,2-4,7,18H2,1H3,(H,31,33);1-2,6-13,15-16,23,32H,3-5,14,17H2,(H,30,33);6-12,14,18H,2-5,13,22H2,1H3,(H,24,25);1H4;1H. The summed E-state index contributed by atoms with van der Waals surface area (Å²) in [5.74, 6) is -3.92. The first-order valence-corrected chi connectivity index (χ1v) is 35.7. The average Bonchev–Trinajstić information content (AvgIpc) is 1.63. The normalized spacial score (nSPS) is 13.1. The molecule has 13 rings (SSSR count). The number of pyridine rings is 3. The van der Waals surface area contributed by atoms with E-state index in [1.165, 1.54) is 80.6 Å². The van der Waals surface area contributed by atoms with Crippen LogP contribution in [0.5, 0.6) is 0 Å². The molecule has 6 N–H and O–H groups in total. The van der Waals surface area contributed by atoms with Crippen molar-refractivity contribution in [3.8, 4) is 0 Å². The number of aliphatic hydroxyl groups is 1. The van der Waals surface area contributed by atoms with Gasteiger partial charge in [-0.3, -0.25) is 58.3 Å². The van der Waals surface area contributed by atoms with E-state index in [0.717, 1.165) is 102 Å². The van der Waals surface area contributed by atoms with Gasteiger partial charge in [0.05, 0.1) is 69.1 Å². The van der Waals surface area contributed by atoms with E-state index in [1.54, 1.807) is 79.5 Å². The highest BCUT2D eigenvalue weighted by Crippen LogP contribution is 2.36. The maximum Gasteiger partial charge on any atom is 0.261 e. The first kappa shape index (κ1) is 75.0. The lowest BCUT2D eigenvalue weighted by atomic mass is 9.95. The van der Waals surface area contributed by atoms with E-state index in [4.69, 9.17) is 10.8 Å². The third-order valence-electron chi connectivity index (χ3n) is 17.5. The summed E-state index contributed by atoms with van der Waals surface area (Å²) in [6.07, 6.45) is 22.1. The molecule has 0 fully saturated rings. The van der Waals surface area contributed by atoms with Crippen molar-refractivity contribution in [1.82, 2.24) is 24.8 Å². The second-order valence-electron chi connectivity index (χ2n) is 24.3. The number of nitrogens with one attached hydrogen (secondary N) is 3. The third-order valence-corrected chi connectivity index (χ3v) is 20.5. The molecule has 0 saturated heterocycles. The lowest BCUT2D eigenvalue weighted by molar-refractivity contribution is -0.118. The number of amides is 7. The number of aryl methyl sites for hydroxylation is 3. The fraction of sp³-hybridized carbons (Fsp3) is 0.266.